The Morgan fingerprint density at radius 1 is 1.00 bits per heavy atom. The van der Waals surface area contributed by atoms with Crippen molar-refractivity contribution in [3.8, 4) is 5.75 Å². The van der Waals surface area contributed by atoms with Gasteiger partial charge in [-0.3, -0.25) is 4.79 Å². The Labute approximate surface area is 144 Å². The van der Waals surface area contributed by atoms with Crippen molar-refractivity contribution in [1.29, 1.82) is 0 Å². The second-order valence-electron chi connectivity index (χ2n) is 5.81. The van der Waals surface area contributed by atoms with Gasteiger partial charge in [0.15, 0.2) is 0 Å². The minimum atomic E-state index is -0.859. The van der Waals surface area contributed by atoms with E-state index in [1.54, 1.807) is 7.11 Å². The van der Waals surface area contributed by atoms with E-state index in [4.69, 9.17) is 4.74 Å². The van der Waals surface area contributed by atoms with Gasteiger partial charge in [0, 0.05) is 13.6 Å². The van der Waals surface area contributed by atoms with E-state index >= 15 is 0 Å². The van der Waals surface area contributed by atoms with E-state index in [1.165, 1.54) is 18.0 Å². The van der Waals surface area contributed by atoms with Crippen LogP contribution in [-0.2, 0) is 6.54 Å². The van der Waals surface area contributed by atoms with Crippen molar-refractivity contribution in [2.45, 2.75) is 6.54 Å². The predicted octanol–water partition coefficient (Wildman–Crippen LogP) is 4.40. The van der Waals surface area contributed by atoms with Crippen LogP contribution in [0.25, 0.3) is 10.8 Å². The molecular formula is C20H17F2NO2. The van der Waals surface area contributed by atoms with Crippen LogP contribution in [0.2, 0.25) is 0 Å². The van der Waals surface area contributed by atoms with Gasteiger partial charge in [-0.1, -0.05) is 24.3 Å². The molecule has 0 heterocycles. The maximum Gasteiger partial charge on any atom is 0.259 e. The number of benzene rings is 3. The first-order chi connectivity index (χ1) is 12.0. The van der Waals surface area contributed by atoms with Crippen LogP contribution in [0.1, 0.15) is 15.9 Å². The van der Waals surface area contributed by atoms with Gasteiger partial charge in [-0.25, -0.2) is 8.78 Å². The van der Waals surface area contributed by atoms with Crippen molar-refractivity contribution in [3.05, 3.63) is 77.4 Å². The van der Waals surface area contributed by atoms with E-state index < -0.39 is 23.1 Å². The minimum Gasteiger partial charge on any atom is -0.497 e. The number of fused-ring (bicyclic) bond motifs is 1. The topological polar surface area (TPSA) is 29.5 Å². The lowest BCUT2D eigenvalue weighted by Crippen LogP contribution is -2.28. The SMILES string of the molecule is COc1ccc2cc(CN(C)C(=O)c3c(F)cccc3F)ccc2c1. The number of hydrogen-bond donors (Lipinski definition) is 0. The number of carbonyl (C=O) groups excluding carboxylic acids is 1. The van der Waals surface area contributed by atoms with Crippen molar-refractivity contribution in [3.63, 3.8) is 0 Å². The lowest BCUT2D eigenvalue weighted by molar-refractivity contribution is 0.0775. The standard InChI is InChI=1S/C20H17F2NO2/c1-23(20(24)19-17(21)4-3-5-18(19)22)12-13-6-7-15-11-16(25-2)9-8-14(15)10-13/h3-11H,12H2,1-2H3. The fourth-order valence-electron chi connectivity index (χ4n) is 2.74. The van der Waals surface area contributed by atoms with Crippen LogP contribution in [0.4, 0.5) is 8.78 Å². The largest absolute Gasteiger partial charge is 0.497 e. The molecule has 1 amide bonds. The minimum absolute atomic E-state index is 0.245. The Morgan fingerprint density at radius 3 is 2.32 bits per heavy atom. The molecule has 25 heavy (non-hydrogen) atoms. The Hall–Kier alpha value is -2.95. The first kappa shape index (κ1) is 16.9. The number of methoxy groups -OCH3 is 1. The molecule has 0 aliphatic heterocycles. The fourth-order valence-corrected chi connectivity index (χ4v) is 2.74. The third-order valence-electron chi connectivity index (χ3n) is 4.05. The van der Waals surface area contributed by atoms with E-state index in [1.807, 2.05) is 36.4 Å². The number of amides is 1. The molecule has 0 saturated heterocycles. The molecule has 3 rings (SSSR count). The maximum absolute atomic E-state index is 13.8. The quantitative estimate of drug-likeness (QED) is 0.704. The zero-order valence-corrected chi connectivity index (χ0v) is 13.9. The van der Waals surface area contributed by atoms with Crippen molar-refractivity contribution in [1.82, 2.24) is 4.90 Å². The Morgan fingerprint density at radius 2 is 1.64 bits per heavy atom. The highest BCUT2D eigenvalue weighted by Gasteiger charge is 2.20. The van der Waals surface area contributed by atoms with E-state index in [0.717, 1.165) is 34.2 Å². The van der Waals surface area contributed by atoms with Gasteiger partial charge in [-0.2, -0.15) is 0 Å². The Kier molecular flexibility index (Phi) is 4.65. The monoisotopic (exact) mass is 341 g/mol. The molecule has 5 heteroatoms. The number of hydrogen-bond acceptors (Lipinski definition) is 2. The molecule has 0 N–H and O–H groups in total. The van der Waals surface area contributed by atoms with E-state index in [-0.39, 0.29) is 6.54 Å². The molecule has 0 radical (unpaired) electrons. The molecule has 3 aromatic rings. The van der Waals surface area contributed by atoms with Gasteiger partial charge in [0.2, 0.25) is 0 Å². The summed E-state index contributed by atoms with van der Waals surface area (Å²) in [5.74, 6) is -1.64. The number of nitrogens with zero attached hydrogens (tertiary/aromatic N) is 1. The molecule has 3 aromatic carbocycles. The van der Waals surface area contributed by atoms with Gasteiger partial charge in [0.05, 0.1) is 7.11 Å². The van der Waals surface area contributed by atoms with E-state index in [0.29, 0.717) is 0 Å². The molecule has 0 spiro atoms. The third-order valence-corrected chi connectivity index (χ3v) is 4.05. The van der Waals surface area contributed by atoms with Crippen LogP contribution in [0.5, 0.6) is 5.75 Å². The summed E-state index contributed by atoms with van der Waals surface area (Å²) in [6, 6.07) is 14.8. The van der Waals surface area contributed by atoms with Crippen LogP contribution in [-0.4, -0.2) is 25.0 Å². The summed E-state index contributed by atoms with van der Waals surface area (Å²) in [6.45, 7) is 0.245. The molecular weight excluding hydrogens is 324 g/mol. The molecule has 0 unspecified atom stereocenters. The summed E-state index contributed by atoms with van der Waals surface area (Å²) >= 11 is 0. The predicted molar refractivity (Wildman–Crippen MR) is 92.7 cm³/mol. The molecule has 0 bridgehead atoms. The second kappa shape index (κ2) is 6.89. The van der Waals surface area contributed by atoms with E-state index in [9.17, 15) is 13.6 Å². The molecule has 0 saturated carbocycles. The van der Waals surface area contributed by atoms with Crippen molar-refractivity contribution in [2.24, 2.45) is 0 Å². The average Bonchev–Trinajstić information content (AvgIpc) is 2.60. The Bertz CT molecular complexity index is 920. The molecule has 0 atom stereocenters. The van der Waals surface area contributed by atoms with Gasteiger partial charge in [0.1, 0.15) is 22.9 Å². The summed E-state index contributed by atoms with van der Waals surface area (Å²) in [5, 5.41) is 2.01. The van der Waals surface area contributed by atoms with Crippen LogP contribution in [0, 0.1) is 11.6 Å². The highest BCUT2D eigenvalue weighted by atomic mass is 19.1. The van der Waals surface area contributed by atoms with Gasteiger partial charge >= 0.3 is 0 Å². The van der Waals surface area contributed by atoms with Crippen molar-refractivity contribution < 1.29 is 18.3 Å². The van der Waals surface area contributed by atoms with Crippen LogP contribution in [0.15, 0.2) is 54.6 Å². The summed E-state index contributed by atoms with van der Waals surface area (Å²) in [7, 11) is 3.13. The zero-order valence-electron chi connectivity index (χ0n) is 13.9. The summed E-state index contributed by atoms with van der Waals surface area (Å²) in [5.41, 5.74) is 0.334. The maximum atomic E-state index is 13.8. The van der Waals surface area contributed by atoms with Crippen LogP contribution in [0.3, 0.4) is 0 Å². The highest BCUT2D eigenvalue weighted by molar-refractivity contribution is 5.94. The average molecular weight is 341 g/mol. The lowest BCUT2D eigenvalue weighted by Gasteiger charge is -2.18. The highest BCUT2D eigenvalue weighted by Crippen LogP contribution is 2.23. The number of halogens is 2. The summed E-state index contributed by atoms with van der Waals surface area (Å²) in [6.07, 6.45) is 0. The molecule has 0 aliphatic rings. The summed E-state index contributed by atoms with van der Waals surface area (Å²) in [4.78, 5) is 13.7. The first-order valence-electron chi connectivity index (χ1n) is 7.76. The zero-order chi connectivity index (χ0) is 18.0. The van der Waals surface area contributed by atoms with Crippen LogP contribution < -0.4 is 4.74 Å². The first-order valence-corrected chi connectivity index (χ1v) is 7.76. The van der Waals surface area contributed by atoms with Gasteiger partial charge in [-0.05, 0) is 46.7 Å². The molecule has 0 aromatic heterocycles. The van der Waals surface area contributed by atoms with Crippen molar-refractivity contribution >= 4 is 16.7 Å². The number of ether oxygens (including phenoxy) is 1. The van der Waals surface area contributed by atoms with Gasteiger partial charge < -0.3 is 9.64 Å². The smallest absolute Gasteiger partial charge is 0.259 e. The van der Waals surface area contributed by atoms with Gasteiger partial charge in [0.25, 0.3) is 5.91 Å². The molecule has 128 valence electrons. The number of carbonyl (C=O) groups is 1. The van der Waals surface area contributed by atoms with E-state index in [2.05, 4.69) is 0 Å². The lowest BCUT2D eigenvalue weighted by atomic mass is 10.1. The van der Waals surface area contributed by atoms with Gasteiger partial charge in [-0.15, -0.1) is 0 Å². The molecule has 0 aliphatic carbocycles. The third kappa shape index (κ3) is 3.45. The molecule has 3 nitrogen and oxygen atoms in total. The van der Waals surface area contributed by atoms with Crippen LogP contribution >= 0.6 is 0 Å². The molecule has 0 fully saturated rings. The fraction of sp³-hybridized carbons (Fsp3) is 0.150. The number of rotatable bonds is 4. The normalized spacial score (nSPS) is 10.7. The Balaban J connectivity index is 1.84. The summed E-state index contributed by atoms with van der Waals surface area (Å²) < 4.78 is 32.8. The second-order valence-corrected chi connectivity index (χ2v) is 5.81. The van der Waals surface area contributed by atoms with Crippen molar-refractivity contribution in [2.75, 3.05) is 14.2 Å².